The third-order valence-electron chi connectivity index (χ3n) is 0.329. The normalized spacial score (nSPS) is 7.78. The molecule has 0 heterocycles. The van der Waals surface area contributed by atoms with Gasteiger partial charge in [0, 0.05) is 6.92 Å². The highest BCUT2D eigenvalue weighted by molar-refractivity contribution is 5.62. The van der Waals surface area contributed by atoms with Crippen LogP contribution in [0.25, 0.3) is 0 Å². The van der Waals surface area contributed by atoms with E-state index in [1.165, 1.54) is 0 Å². The van der Waals surface area contributed by atoms with Gasteiger partial charge in [0.2, 0.25) is 0 Å². The molecule has 0 saturated carbocycles. The van der Waals surface area contributed by atoms with Crippen LogP contribution in [0.5, 0.6) is 0 Å². The van der Waals surface area contributed by atoms with Crippen molar-refractivity contribution in [1.29, 1.82) is 0 Å². The SMILES string of the molecule is C=C/C=C/C.CC(=O)O. The van der Waals surface area contributed by atoms with E-state index in [2.05, 4.69) is 6.58 Å². The molecule has 2 nitrogen and oxygen atoms in total. The first-order valence-corrected chi connectivity index (χ1v) is 2.58. The Bertz CT molecular complexity index is 99.5. The molecule has 0 spiro atoms. The first kappa shape index (κ1) is 10.8. The molecule has 0 atom stereocenters. The maximum absolute atomic E-state index is 9.00. The lowest BCUT2D eigenvalue weighted by molar-refractivity contribution is -0.134. The fraction of sp³-hybridized carbons (Fsp3) is 0.286. The fourth-order valence-corrected chi connectivity index (χ4v) is 0.136. The second kappa shape index (κ2) is 10.0. The van der Waals surface area contributed by atoms with Crippen LogP contribution in [-0.4, -0.2) is 11.1 Å². The lowest BCUT2D eigenvalue weighted by Gasteiger charge is -1.59. The van der Waals surface area contributed by atoms with Crippen molar-refractivity contribution in [3.05, 3.63) is 24.8 Å². The second-order valence-electron chi connectivity index (χ2n) is 1.28. The summed E-state index contributed by atoms with van der Waals surface area (Å²) in [6.45, 7) is 6.51. The maximum Gasteiger partial charge on any atom is 0.300 e. The van der Waals surface area contributed by atoms with Crippen molar-refractivity contribution in [1.82, 2.24) is 0 Å². The second-order valence-corrected chi connectivity index (χ2v) is 1.28. The van der Waals surface area contributed by atoms with Gasteiger partial charge in [-0.2, -0.15) is 0 Å². The summed E-state index contributed by atoms with van der Waals surface area (Å²) >= 11 is 0. The van der Waals surface area contributed by atoms with Crippen LogP contribution in [-0.2, 0) is 4.79 Å². The van der Waals surface area contributed by atoms with Crippen molar-refractivity contribution in [2.24, 2.45) is 0 Å². The van der Waals surface area contributed by atoms with Gasteiger partial charge in [0.15, 0.2) is 0 Å². The summed E-state index contributed by atoms with van der Waals surface area (Å²) in [5.74, 6) is -0.833. The maximum atomic E-state index is 9.00. The molecule has 0 unspecified atom stereocenters. The summed E-state index contributed by atoms with van der Waals surface area (Å²) in [6.07, 6.45) is 5.58. The standard InChI is InChI=1S/C5H8.C2H4O2/c1-3-5-4-2;1-2(3)4/h3-5H,1H2,2H3;1H3,(H,3,4)/b5-4+;. The van der Waals surface area contributed by atoms with E-state index in [9.17, 15) is 0 Å². The topological polar surface area (TPSA) is 37.3 Å². The lowest BCUT2D eigenvalue weighted by atomic mass is 10.5. The Balaban J connectivity index is 0. The first-order valence-electron chi connectivity index (χ1n) is 2.58. The first-order chi connectivity index (χ1) is 4.15. The summed E-state index contributed by atoms with van der Waals surface area (Å²) in [5, 5.41) is 7.42. The Kier molecular flexibility index (Phi) is 12.1. The highest BCUT2D eigenvalue weighted by Crippen LogP contribution is 1.64. The van der Waals surface area contributed by atoms with E-state index in [0.717, 1.165) is 6.92 Å². The van der Waals surface area contributed by atoms with Crippen molar-refractivity contribution < 1.29 is 9.90 Å². The van der Waals surface area contributed by atoms with E-state index in [0.29, 0.717) is 0 Å². The molecule has 0 radical (unpaired) electrons. The minimum absolute atomic E-state index is 0.833. The highest BCUT2D eigenvalue weighted by atomic mass is 16.4. The molecule has 0 saturated heterocycles. The van der Waals surface area contributed by atoms with Gasteiger partial charge in [-0.05, 0) is 6.92 Å². The van der Waals surface area contributed by atoms with E-state index < -0.39 is 5.97 Å². The lowest BCUT2D eigenvalue weighted by Crippen LogP contribution is -1.78. The van der Waals surface area contributed by atoms with E-state index in [1.807, 2.05) is 19.1 Å². The Morgan fingerprint density at radius 2 is 2.00 bits per heavy atom. The fourth-order valence-electron chi connectivity index (χ4n) is 0.136. The highest BCUT2D eigenvalue weighted by Gasteiger charge is 1.65. The Morgan fingerprint density at radius 1 is 1.67 bits per heavy atom. The monoisotopic (exact) mass is 128 g/mol. The predicted octanol–water partition coefficient (Wildman–Crippen LogP) is 1.84. The minimum atomic E-state index is -0.833. The Hall–Kier alpha value is -1.05. The van der Waals surface area contributed by atoms with Gasteiger partial charge in [-0.1, -0.05) is 24.8 Å². The van der Waals surface area contributed by atoms with Crippen LogP contribution in [0.4, 0.5) is 0 Å². The molecular formula is C7H12O2. The molecule has 0 aromatic carbocycles. The molecular weight excluding hydrogens is 116 g/mol. The summed E-state index contributed by atoms with van der Waals surface area (Å²) in [6, 6.07) is 0. The average molecular weight is 128 g/mol. The van der Waals surface area contributed by atoms with E-state index in [-0.39, 0.29) is 0 Å². The van der Waals surface area contributed by atoms with Gasteiger partial charge in [-0.15, -0.1) is 0 Å². The molecule has 9 heavy (non-hydrogen) atoms. The quantitative estimate of drug-likeness (QED) is 0.547. The van der Waals surface area contributed by atoms with Gasteiger partial charge < -0.3 is 5.11 Å². The van der Waals surface area contributed by atoms with Crippen LogP contribution < -0.4 is 0 Å². The minimum Gasteiger partial charge on any atom is -0.481 e. The van der Waals surface area contributed by atoms with Gasteiger partial charge in [-0.25, -0.2) is 0 Å². The molecule has 0 bridgehead atoms. The summed E-state index contributed by atoms with van der Waals surface area (Å²) in [5.41, 5.74) is 0. The van der Waals surface area contributed by atoms with E-state index in [1.54, 1.807) is 6.08 Å². The zero-order chi connectivity index (χ0) is 7.70. The number of hydrogen-bond donors (Lipinski definition) is 1. The number of hydrogen-bond acceptors (Lipinski definition) is 1. The molecule has 0 aliphatic carbocycles. The molecule has 0 aromatic rings. The van der Waals surface area contributed by atoms with Gasteiger partial charge in [0.05, 0.1) is 0 Å². The molecule has 0 aliphatic heterocycles. The molecule has 2 heteroatoms. The zero-order valence-corrected chi connectivity index (χ0v) is 5.79. The molecule has 0 fully saturated rings. The molecule has 0 aromatic heterocycles. The van der Waals surface area contributed by atoms with Gasteiger partial charge in [-0.3, -0.25) is 4.79 Å². The number of carboxylic acids is 1. The number of allylic oxidation sites excluding steroid dienone is 3. The van der Waals surface area contributed by atoms with Crippen molar-refractivity contribution in [2.45, 2.75) is 13.8 Å². The third-order valence-corrected chi connectivity index (χ3v) is 0.329. The third kappa shape index (κ3) is 189. The van der Waals surface area contributed by atoms with Crippen LogP contribution in [0.15, 0.2) is 24.8 Å². The smallest absolute Gasteiger partial charge is 0.300 e. The number of carboxylic acid groups (broad SMARTS) is 1. The van der Waals surface area contributed by atoms with E-state index in [4.69, 9.17) is 9.90 Å². The van der Waals surface area contributed by atoms with Gasteiger partial charge >= 0.3 is 0 Å². The van der Waals surface area contributed by atoms with Crippen LogP contribution in [0.2, 0.25) is 0 Å². The summed E-state index contributed by atoms with van der Waals surface area (Å²) in [7, 11) is 0. The van der Waals surface area contributed by atoms with Gasteiger partial charge in [0.25, 0.3) is 5.97 Å². The molecule has 0 rings (SSSR count). The Morgan fingerprint density at radius 3 is 2.00 bits per heavy atom. The zero-order valence-electron chi connectivity index (χ0n) is 5.79. The van der Waals surface area contributed by atoms with Crippen LogP contribution in [0.3, 0.4) is 0 Å². The van der Waals surface area contributed by atoms with Crippen LogP contribution in [0.1, 0.15) is 13.8 Å². The summed E-state index contributed by atoms with van der Waals surface area (Å²) in [4.78, 5) is 9.00. The number of carbonyl (C=O) groups is 1. The van der Waals surface area contributed by atoms with Crippen molar-refractivity contribution in [3.8, 4) is 0 Å². The van der Waals surface area contributed by atoms with Gasteiger partial charge in [0.1, 0.15) is 0 Å². The molecule has 0 aliphatic rings. The Labute approximate surface area is 55.5 Å². The van der Waals surface area contributed by atoms with Crippen LogP contribution in [0, 0.1) is 0 Å². The molecule has 52 valence electrons. The van der Waals surface area contributed by atoms with Crippen molar-refractivity contribution in [2.75, 3.05) is 0 Å². The molecule has 0 amide bonds. The largest absolute Gasteiger partial charge is 0.481 e. The number of aliphatic carboxylic acids is 1. The summed E-state index contributed by atoms with van der Waals surface area (Å²) < 4.78 is 0. The van der Waals surface area contributed by atoms with Crippen LogP contribution >= 0.6 is 0 Å². The van der Waals surface area contributed by atoms with E-state index >= 15 is 0 Å². The van der Waals surface area contributed by atoms with Crippen molar-refractivity contribution >= 4 is 5.97 Å². The molecule has 1 N–H and O–H groups in total. The number of rotatable bonds is 1. The average Bonchev–Trinajstić information content (AvgIpc) is 1.66. The predicted molar refractivity (Wildman–Crippen MR) is 38.3 cm³/mol. The van der Waals surface area contributed by atoms with Crippen molar-refractivity contribution in [3.63, 3.8) is 0 Å².